The number of fused-ring (bicyclic) bond motifs is 1. The molecule has 218 valence electrons. The van der Waals surface area contributed by atoms with Gasteiger partial charge in [-0.25, -0.2) is 23.4 Å². The number of nitrogens with two attached hydrogens (primary N) is 1. The number of nitrogens with one attached hydrogen (secondary N) is 1. The van der Waals surface area contributed by atoms with Crippen molar-refractivity contribution in [3.8, 4) is 5.75 Å². The zero-order valence-electron chi connectivity index (χ0n) is 22.8. The monoisotopic (exact) mass is 580 g/mol. The number of imidazole rings is 1. The van der Waals surface area contributed by atoms with E-state index in [1.54, 1.807) is 58.0 Å². The Bertz CT molecular complexity index is 1370. The van der Waals surface area contributed by atoms with Crippen LogP contribution in [0.3, 0.4) is 0 Å². The highest BCUT2D eigenvalue weighted by Gasteiger charge is 2.56. The number of rotatable bonds is 11. The van der Waals surface area contributed by atoms with Crippen molar-refractivity contribution in [2.24, 2.45) is 5.92 Å². The summed E-state index contributed by atoms with van der Waals surface area (Å²) in [5.41, 5.74) is 3.91. The first-order valence-corrected chi connectivity index (χ1v) is 14.3. The predicted octanol–water partition coefficient (Wildman–Crippen LogP) is 3.00. The van der Waals surface area contributed by atoms with Gasteiger partial charge in [-0.15, -0.1) is 0 Å². The van der Waals surface area contributed by atoms with E-state index in [9.17, 15) is 14.5 Å². The molecule has 4 rings (SSSR count). The van der Waals surface area contributed by atoms with Crippen LogP contribution in [0.25, 0.3) is 5.65 Å². The summed E-state index contributed by atoms with van der Waals surface area (Å²) in [6, 6.07) is 7.13. The van der Waals surface area contributed by atoms with Crippen molar-refractivity contribution in [1.82, 2.24) is 24.7 Å². The van der Waals surface area contributed by atoms with Gasteiger partial charge in [0.2, 0.25) is 0 Å². The van der Waals surface area contributed by atoms with E-state index in [0.717, 1.165) is 0 Å². The summed E-state index contributed by atoms with van der Waals surface area (Å²) in [5.74, 6) is -0.727. The van der Waals surface area contributed by atoms with Gasteiger partial charge in [-0.05, 0) is 38.8 Å². The average Bonchev–Trinajstić information content (AvgIpc) is 3.40. The number of halogens is 1. The van der Waals surface area contributed by atoms with Gasteiger partial charge in [0.25, 0.3) is 0 Å². The smallest absolute Gasteiger partial charge is 0.459 e. The molecule has 0 radical (unpaired) electrons. The first-order valence-electron chi connectivity index (χ1n) is 12.8. The highest BCUT2D eigenvalue weighted by Crippen LogP contribution is 2.49. The van der Waals surface area contributed by atoms with Crippen molar-refractivity contribution in [3.63, 3.8) is 0 Å². The van der Waals surface area contributed by atoms with Gasteiger partial charge in [0.15, 0.2) is 17.1 Å². The third-order valence-electron chi connectivity index (χ3n) is 6.33. The Morgan fingerprint density at radius 2 is 1.98 bits per heavy atom. The number of benzene rings is 1. The van der Waals surface area contributed by atoms with E-state index < -0.39 is 56.4 Å². The maximum atomic E-state index is 15.9. The third-order valence-corrected chi connectivity index (χ3v) is 7.86. The lowest BCUT2D eigenvalue weighted by atomic mass is 9.93. The number of nitrogen functional groups attached to an aromatic ring is 1. The highest BCUT2D eigenvalue weighted by atomic mass is 31.2. The molecule has 1 aliphatic heterocycles. The topological polar surface area (TPSA) is 172 Å². The molecular formula is C25H34FN6O7P. The molecule has 0 amide bonds. The van der Waals surface area contributed by atoms with E-state index in [1.165, 1.54) is 24.0 Å². The molecule has 3 aromatic rings. The molecule has 0 saturated carbocycles. The molecule has 15 heteroatoms. The summed E-state index contributed by atoms with van der Waals surface area (Å²) in [4.78, 5) is 20.8. The van der Waals surface area contributed by atoms with Gasteiger partial charge < -0.3 is 24.8 Å². The van der Waals surface area contributed by atoms with Crippen LogP contribution in [0.15, 0.2) is 42.9 Å². The van der Waals surface area contributed by atoms with Crippen molar-refractivity contribution in [2.75, 3.05) is 12.3 Å². The maximum absolute atomic E-state index is 15.9. The minimum atomic E-state index is -4.31. The Balaban J connectivity index is 1.57. The lowest BCUT2D eigenvalue weighted by molar-refractivity contribution is -0.150. The van der Waals surface area contributed by atoms with Crippen LogP contribution in [-0.2, 0) is 23.4 Å². The summed E-state index contributed by atoms with van der Waals surface area (Å²) in [5, 5.41) is 17.6. The van der Waals surface area contributed by atoms with Crippen LogP contribution in [0.1, 0.15) is 46.4 Å². The zero-order chi connectivity index (χ0) is 29.2. The number of carbonyl (C=O) groups excluding carboxylic acids is 1. The molecule has 1 unspecified atom stereocenters. The number of aliphatic hydroxyl groups is 1. The first-order chi connectivity index (χ1) is 18.8. The van der Waals surface area contributed by atoms with Gasteiger partial charge in [-0.3, -0.25) is 9.32 Å². The summed E-state index contributed by atoms with van der Waals surface area (Å²) in [6.45, 7) is 7.48. The lowest BCUT2D eigenvalue weighted by Crippen LogP contribution is -2.43. The number of aliphatic hydroxyl groups excluding tert-OH is 1. The van der Waals surface area contributed by atoms with Gasteiger partial charge in [-0.1, -0.05) is 32.0 Å². The van der Waals surface area contributed by atoms with E-state index in [1.807, 2.05) is 0 Å². The SMILES string of the molecule is CC(C)OC(=O)[C@@H](NP(=O)(OC[C@H]1O[C@@H](c2cnc3c(N)ncnn23)[C@](C)(F)[C@@H]1O)Oc1ccccc1)C(C)C. The van der Waals surface area contributed by atoms with E-state index in [0.29, 0.717) is 0 Å². The van der Waals surface area contributed by atoms with Crippen LogP contribution in [0.5, 0.6) is 5.75 Å². The zero-order valence-corrected chi connectivity index (χ0v) is 23.7. The minimum absolute atomic E-state index is 0.0843. The van der Waals surface area contributed by atoms with Crippen LogP contribution in [0, 0.1) is 5.92 Å². The average molecular weight is 581 g/mol. The number of esters is 1. The van der Waals surface area contributed by atoms with Crippen molar-refractivity contribution in [1.29, 1.82) is 0 Å². The first kappa shape index (κ1) is 29.8. The minimum Gasteiger partial charge on any atom is -0.462 e. The summed E-state index contributed by atoms with van der Waals surface area (Å²) in [6.07, 6.45) is -2.19. The number of para-hydroxylation sites is 1. The second-order valence-electron chi connectivity index (χ2n) is 10.2. The Hall–Kier alpha value is -3.16. The lowest BCUT2D eigenvalue weighted by Gasteiger charge is -2.28. The Labute approximate surface area is 230 Å². The standard InChI is InChI=1S/C25H34FN6O7P/c1-14(2)19(24(34)37-15(3)4)31-40(35,39-16-9-7-6-8-10-16)36-12-18-20(33)25(5,26)21(38-18)17-11-28-23-22(27)29-13-30-32(17)23/h6-11,13-15,18-21,33H,12H2,1-5H3,(H,31,35)(H2,27,29,30)/t18-,19+,20-,21+,25-,40?/m1/s1. The molecule has 1 fully saturated rings. The molecule has 6 atom stereocenters. The summed E-state index contributed by atoms with van der Waals surface area (Å²) in [7, 11) is -4.31. The van der Waals surface area contributed by atoms with Crippen molar-refractivity contribution >= 4 is 25.2 Å². The fraction of sp³-hybridized carbons (Fsp3) is 0.520. The van der Waals surface area contributed by atoms with Gasteiger partial charge in [0.05, 0.1) is 24.6 Å². The molecule has 0 bridgehead atoms. The molecule has 3 heterocycles. The Kier molecular flexibility index (Phi) is 8.76. The van der Waals surface area contributed by atoms with Gasteiger partial charge in [0, 0.05) is 0 Å². The van der Waals surface area contributed by atoms with E-state index >= 15 is 4.39 Å². The van der Waals surface area contributed by atoms with Gasteiger partial charge >= 0.3 is 13.7 Å². The van der Waals surface area contributed by atoms with Crippen LogP contribution >= 0.6 is 7.75 Å². The predicted molar refractivity (Wildman–Crippen MR) is 142 cm³/mol. The van der Waals surface area contributed by atoms with E-state index in [4.69, 9.17) is 24.3 Å². The van der Waals surface area contributed by atoms with E-state index in [-0.39, 0.29) is 28.8 Å². The number of nitrogens with zero attached hydrogens (tertiary/aromatic N) is 4. The number of alkyl halides is 1. The van der Waals surface area contributed by atoms with Crippen molar-refractivity contribution in [2.45, 2.75) is 70.7 Å². The number of ether oxygens (including phenoxy) is 2. The van der Waals surface area contributed by atoms with Gasteiger partial charge in [-0.2, -0.15) is 10.2 Å². The fourth-order valence-corrected chi connectivity index (χ4v) is 5.92. The van der Waals surface area contributed by atoms with Crippen LogP contribution in [0.2, 0.25) is 0 Å². The summed E-state index contributed by atoms with van der Waals surface area (Å²) < 4.78 is 53.7. The van der Waals surface area contributed by atoms with E-state index in [2.05, 4.69) is 20.2 Å². The Morgan fingerprint density at radius 3 is 2.62 bits per heavy atom. The quantitative estimate of drug-likeness (QED) is 0.224. The molecule has 4 N–H and O–H groups in total. The molecule has 1 aliphatic rings. The number of aromatic nitrogens is 4. The number of anilines is 1. The highest BCUT2D eigenvalue weighted by molar-refractivity contribution is 7.52. The van der Waals surface area contributed by atoms with Crippen molar-refractivity contribution in [3.05, 3.63) is 48.5 Å². The van der Waals surface area contributed by atoms with Crippen LogP contribution in [-0.4, -0.2) is 67.3 Å². The van der Waals surface area contributed by atoms with Crippen LogP contribution in [0.4, 0.5) is 10.2 Å². The molecule has 40 heavy (non-hydrogen) atoms. The molecule has 0 spiro atoms. The second-order valence-corrected chi connectivity index (χ2v) is 11.9. The molecule has 2 aromatic heterocycles. The van der Waals surface area contributed by atoms with Gasteiger partial charge in [0.1, 0.15) is 36.4 Å². The molecule has 1 saturated heterocycles. The van der Waals surface area contributed by atoms with Crippen molar-refractivity contribution < 1.29 is 37.4 Å². The summed E-state index contributed by atoms with van der Waals surface area (Å²) >= 11 is 0. The number of hydrogen-bond acceptors (Lipinski definition) is 11. The number of hydrogen-bond donors (Lipinski definition) is 3. The molecular weight excluding hydrogens is 546 g/mol. The maximum Gasteiger partial charge on any atom is 0.459 e. The molecule has 13 nitrogen and oxygen atoms in total. The molecule has 0 aliphatic carbocycles. The third kappa shape index (κ3) is 6.26. The number of carbonyl (C=O) groups is 1. The fourth-order valence-electron chi connectivity index (χ4n) is 4.25. The Morgan fingerprint density at radius 1 is 1.27 bits per heavy atom. The normalized spacial score (nSPS) is 25.3. The molecule has 1 aromatic carbocycles. The second kappa shape index (κ2) is 11.8. The largest absolute Gasteiger partial charge is 0.462 e. The van der Waals surface area contributed by atoms with Crippen LogP contribution < -0.4 is 15.3 Å².